The van der Waals surface area contributed by atoms with Crippen molar-refractivity contribution >= 4 is 22.6 Å². The first kappa shape index (κ1) is 14.1. The summed E-state index contributed by atoms with van der Waals surface area (Å²) in [6.07, 6.45) is 3.81. The van der Waals surface area contributed by atoms with Crippen LogP contribution in [0.15, 0.2) is 42.5 Å². The Bertz CT molecular complexity index is 589. The highest BCUT2D eigenvalue weighted by Gasteiger charge is 2.16. The number of hydrogen-bond donors (Lipinski definition) is 1. The van der Waals surface area contributed by atoms with Crippen molar-refractivity contribution in [2.24, 2.45) is 0 Å². The zero-order valence-corrected chi connectivity index (χ0v) is 14.0. The molecule has 20 heavy (non-hydrogen) atoms. The Kier molecular flexibility index (Phi) is 4.41. The van der Waals surface area contributed by atoms with Crippen LogP contribution in [-0.4, -0.2) is 6.54 Å². The van der Waals surface area contributed by atoms with E-state index in [1.165, 1.54) is 34.0 Å². The fourth-order valence-corrected chi connectivity index (χ4v) is 3.42. The van der Waals surface area contributed by atoms with Crippen molar-refractivity contribution in [1.29, 1.82) is 0 Å². The Hall–Kier alpha value is -0.870. The minimum absolute atomic E-state index is 0.308. The van der Waals surface area contributed by atoms with Gasteiger partial charge in [0.1, 0.15) is 0 Å². The van der Waals surface area contributed by atoms with Gasteiger partial charge in [0.05, 0.1) is 6.04 Å². The molecule has 3 rings (SSSR count). The summed E-state index contributed by atoms with van der Waals surface area (Å²) in [7, 11) is 0. The maximum absolute atomic E-state index is 3.62. The van der Waals surface area contributed by atoms with E-state index in [9.17, 15) is 0 Å². The summed E-state index contributed by atoms with van der Waals surface area (Å²) in [6.45, 7) is 3.15. The molecular weight excluding hydrogens is 357 g/mol. The van der Waals surface area contributed by atoms with Crippen LogP contribution >= 0.6 is 22.6 Å². The standard InChI is InChI=1S/C18H20IN/c1-2-20-18(14-8-10-17(19)11-9-14)16-7-6-13-4-3-5-15(13)12-16/h6-12,18,20H,2-5H2,1H3. The zero-order valence-electron chi connectivity index (χ0n) is 11.8. The van der Waals surface area contributed by atoms with E-state index in [0.29, 0.717) is 6.04 Å². The van der Waals surface area contributed by atoms with E-state index in [4.69, 9.17) is 0 Å². The molecular formula is C18H20IN. The molecule has 2 aromatic carbocycles. The lowest BCUT2D eigenvalue weighted by Crippen LogP contribution is -2.22. The summed E-state index contributed by atoms with van der Waals surface area (Å²) in [5.41, 5.74) is 5.85. The average molecular weight is 377 g/mol. The third-order valence-corrected chi connectivity index (χ3v) is 4.79. The van der Waals surface area contributed by atoms with Gasteiger partial charge in [-0.1, -0.05) is 37.3 Å². The van der Waals surface area contributed by atoms with Gasteiger partial charge < -0.3 is 5.32 Å². The Labute approximate surface area is 134 Å². The molecule has 0 aromatic heterocycles. The minimum Gasteiger partial charge on any atom is -0.307 e. The van der Waals surface area contributed by atoms with Crippen molar-refractivity contribution in [3.8, 4) is 0 Å². The monoisotopic (exact) mass is 377 g/mol. The van der Waals surface area contributed by atoms with Crippen molar-refractivity contribution < 1.29 is 0 Å². The predicted octanol–water partition coefficient (Wildman–Crippen LogP) is 4.48. The molecule has 0 saturated heterocycles. The lowest BCUT2D eigenvalue weighted by atomic mass is 9.95. The van der Waals surface area contributed by atoms with E-state index < -0.39 is 0 Å². The van der Waals surface area contributed by atoms with Gasteiger partial charge in [0, 0.05) is 3.57 Å². The molecule has 0 heterocycles. The van der Waals surface area contributed by atoms with E-state index in [1.807, 2.05) is 0 Å². The maximum Gasteiger partial charge on any atom is 0.0576 e. The first-order valence-electron chi connectivity index (χ1n) is 7.38. The van der Waals surface area contributed by atoms with Crippen LogP contribution in [0.4, 0.5) is 0 Å². The Morgan fingerprint density at radius 2 is 1.70 bits per heavy atom. The normalized spacial score (nSPS) is 15.1. The summed E-state index contributed by atoms with van der Waals surface area (Å²) in [6, 6.07) is 16.2. The smallest absolute Gasteiger partial charge is 0.0576 e. The summed E-state index contributed by atoms with van der Waals surface area (Å²) in [4.78, 5) is 0. The summed E-state index contributed by atoms with van der Waals surface area (Å²) < 4.78 is 1.29. The molecule has 1 atom stereocenters. The Morgan fingerprint density at radius 1 is 1.00 bits per heavy atom. The molecule has 2 heteroatoms. The van der Waals surface area contributed by atoms with Gasteiger partial charge in [-0.15, -0.1) is 0 Å². The molecule has 1 aliphatic rings. The summed E-state index contributed by atoms with van der Waals surface area (Å²) in [5.74, 6) is 0. The molecule has 0 amide bonds. The van der Waals surface area contributed by atoms with Crippen LogP contribution in [0.2, 0.25) is 0 Å². The van der Waals surface area contributed by atoms with E-state index in [-0.39, 0.29) is 0 Å². The third kappa shape index (κ3) is 2.91. The van der Waals surface area contributed by atoms with Crippen molar-refractivity contribution in [2.75, 3.05) is 6.54 Å². The van der Waals surface area contributed by atoms with Crippen LogP contribution in [0.25, 0.3) is 0 Å². The van der Waals surface area contributed by atoms with Crippen molar-refractivity contribution in [3.63, 3.8) is 0 Å². The van der Waals surface area contributed by atoms with Gasteiger partial charge in [0.2, 0.25) is 0 Å². The lowest BCUT2D eigenvalue weighted by Gasteiger charge is -2.20. The van der Waals surface area contributed by atoms with Crippen molar-refractivity contribution in [2.45, 2.75) is 32.2 Å². The summed E-state index contributed by atoms with van der Waals surface area (Å²) in [5, 5.41) is 3.62. The predicted molar refractivity (Wildman–Crippen MR) is 93.1 cm³/mol. The number of fused-ring (bicyclic) bond motifs is 1. The summed E-state index contributed by atoms with van der Waals surface area (Å²) >= 11 is 2.36. The van der Waals surface area contributed by atoms with Gasteiger partial charge >= 0.3 is 0 Å². The second kappa shape index (κ2) is 6.27. The van der Waals surface area contributed by atoms with Crippen LogP contribution in [0, 0.1) is 3.57 Å². The Morgan fingerprint density at radius 3 is 2.45 bits per heavy atom. The maximum atomic E-state index is 3.62. The van der Waals surface area contributed by atoms with Crippen molar-refractivity contribution in [1.82, 2.24) is 5.32 Å². The molecule has 1 aliphatic carbocycles. The van der Waals surface area contributed by atoms with E-state index in [0.717, 1.165) is 6.54 Å². The largest absolute Gasteiger partial charge is 0.307 e. The first-order chi connectivity index (χ1) is 9.78. The van der Waals surface area contributed by atoms with Gasteiger partial charge in [-0.25, -0.2) is 0 Å². The highest BCUT2D eigenvalue weighted by atomic mass is 127. The van der Waals surface area contributed by atoms with Gasteiger partial charge in [-0.05, 0) is 82.8 Å². The second-order valence-electron chi connectivity index (χ2n) is 5.42. The SMILES string of the molecule is CCNC(c1ccc(I)cc1)c1ccc2c(c1)CCC2. The number of nitrogens with one attached hydrogen (secondary N) is 1. The van der Waals surface area contributed by atoms with Crippen LogP contribution < -0.4 is 5.32 Å². The van der Waals surface area contributed by atoms with Gasteiger partial charge in [-0.3, -0.25) is 0 Å². The molecule has 1 nitrogen and oxygen atoms in total. The van der Waals surface area contributed by atoms with E-state index in [1.54, 1.807) is 11.1 Å². The average Bonchev–Trinajstić information content (AvgIpc) is 2.93. The van der Waals surface area contributed by atoms with Crippen LogP contribution in [0.5, 0.6) is 0 Å². The molecule has 0 aliphatic heterocycles. The molecule has 0 bridgehead atoms. The molecule has 1 unspecified atom stereocenters. The third-order valence-electron chi connectivity index (χ3n) is 4.07. The molecule has 0 fully saturated rings. The Balaban J connectivity index is 1.95. The molecule has 1 N–H and O–H groups in total. The minimum atomic E-state index is 0.308. The fourth-order valence-electron chi connectivity index (χ4n) is 3.06. The number of rotatable bonds is 4. The van der Waals surface area contributed by atoms with Crippen LogP contribution in [-0.2, 0) is 12.8 Å². The highest BCUT2D eigenvalue weighted by Crippen LogP contribution is 2.28. The fraction of sp³-hybridized carbons (Fsp3) is 0.333. The van der Waals surface area contributed by atoms with Crippen LogP contribution in [0.1, 0.15) is 41.6 Å². The van der Waals surface area contributed by atoms with E-state index >= 15 is 0 Å². The topological polar surface area (TPSA) is 12.0 Å². The molecule has 2 aromatic rings. The van der Waals surface area contributed by atoms with Crippen LogP contribution in [0.3, 0.4) is 0 Å². The first-order valence-corrected chi connectivity index (χ1v) is 8.46. The van der Waals surface area contributed by atoms with Gasteiger partial charge in [0.15, 0.2) is 0 Å². The van der Waals surface area contributed by atoms with Gasteiger partial charge in [-0.2, -0.15) is 0 Å². The number of benzene rings is 2. The number of hydrogen-bond acceptors (Lipinski definition) is 1. The molecule has 104 valence electrons. The van der Waals surface area contributed by atoms with E-state index in [2.05, 4.69) is 77.3 Å². The van der Waals surface area contributed by atoms with Gasteiger partial charge in [0.25, 0.3) is 0 Å². The quantitative estimate of drug-likeness (QED) is 0.775. The molecule has 0 saturated carbocycles. The lowest BCUT2D eigenvalue weighted by molar-refractivity contribution is 0.630. The number of halogens is 1. The second-order valence-corrected chi connectivity index (χ2v) is 6.67. The molecule has 0 spiro atoms. The zero-order chi connectivity index (χ0) is 13.9. The molecule has 0 radical (unpaired) electrons. The van der Waals surface area contributed by atoms with Crippen molar-refractivity contribution in [3.05, 3.63) is 68.3 Å². The number of aryl methyl sites for hydroxylation is 2. The highest BCUT2D eigenvalue weighted by molar-refractivity contribution is 14.1.